The molecule has 164 valence electrons. The van der Waals surface area contributed by atoms with E-state index in [-0.39, 0.29) is 29.4 Å². The molecule has 0 atom stereocenters. The summed E-state index contributed by atoms with van der Waals surface area (Å²) in [5.74, 6) is 2.61. The molecular formula is C22H36IN3O3. The Morgan fingerprint density at radius 3 is 2.52 bits per heavy atom. The van der Waals surface area contributed by atoms with Crippen LogP contribution in [0.3, 0.4) is 0 Å². The Balaban J connectivity index is 0.00000300. The Morgan fingerprint density at radius 1 is 1.24 bits per heavy atom. The smallest absolute Gasteiger partial charge is 0.193 e. The zero-order chi connectivity index (χ0) is 19.8. The van der Waals surface area contributed by atoms with Gasteiger partial charge in [-0.1, -0.05) is 12.1 Å². The van der Waals surface area contributed by atoms with E-state index in [9.17, 15) is 0 Å². The highest BCUT2D eigenvalue weighted by Gasteiger charge is 2.35. The molecule has 1 saturated carbocycles. The Bertz CT molecular complexity index is 629. The van der Waals surface area contributed by atoms with Gasteiger partial charge in [-0.2, -0.15) is 0 Å². The highest BCUT2D eigenvalue weighted by molar-refractivity contribution is 14.0. The fourth-order valence-corrected chi connectivity index (χ4v) is 3.75. The van der Waals surface area contributed by atoms with Crippen LogP contribution in [0.5, 0.6) is 5.75 Å². The maximum atomic E-state index is 5.78. The first kappa shape index (κ1) is 24.2. The first-order chi connectivity index (χ1) is 13.7. The van der Waals surface area contributed by atoms with Crippen LogP contribution in [0.2, 0.25) is 0 Å². The maximum Gasteiger partial charge on any atom is 0.193 e. The van der Waals surface area contributed by atoms with Gasteiger partial charge in [-0.25, -0.2) is 0 Å². The standard InChI is InChI=1S/C22H35N3O3.HI/c1-23-21(25(2)12-15-28-16-18-4-5-18)24-17-22(10-13-27-14-11-22)19-6-8-20(26-3)9-7-19;/h6-9,18H,4-5,10-17H2,1-3H3,(H,23,24);1H. The van der Waals surface area contributed by atoms with Crippen molar-refractivity contribution >= 4 is 29.9 Å². The van der Waals surface area contributed by atoms with Gasteiger partial charge in [-0.3, -0.25) is 4.99 Å². The summed E-state index contributed by atoms with van der Waals surface area (Å²) in [6, 6.07) is 8.46. The van der Waals surface area contributed by atoms with Crippen LogP contribution in [0.4, 0.5) is 0 Å². The number of rotatable bonds is 9. The van der Waals surface area contributed by atoms with E-state index in [0.29, 0.717) is 0 Å². The summed E-state index contributed by atoms with van der Waals surface area (Å²) in [5.41, 5.74) is 1.37. The molecule has 2 fully saturated rings. The maximum absolute atomic E-state index is 5.78. The summed E-state index contributed by atoms with van der Waals surface area (Å²) >= 11 is 0. The number of hydrogen-bond donors (Lipinski definition) is 1. The molecule has 0 amide bonds. The molecule has 7 heteroatoms. The number of nitrogens with zero attached hydrogens (tertiary/aromatic N) is 2. The second-order valence-electron chi connectivity index (χ2n) is 7.96. The van der Waals surface area contributed by atoms with Crippen molar-refractivity contribution in [3.05, 3.63) is 29.8 Å². The lowest BCUT2D eigenvalue weighted by atomic mass is 9.74. The van der Waals surface area contributed by atoms with Crippen LogP contribution in [0.15, 0.2) is 29.3 Å². The van der Waals surface area contributed by atoms with Crippen molar-refractivity contribution in [1.29, 1.82) is 0 Å². The minimum atomic E-state index is 0. The van der Waals surface area contributed by atoms with Gasteiger partial charge in [-0.15, -0.1) is 24.0 Å². The van der Waals surface area contributed by atoms with E-state index in [1.807, 2.05) is 19.2 Å². The molecule has 1 N–H and O–H groups in total. The quantitative estimate of drug-likeness (QED) is 0.236. The van der Waals surface area contributed by atoms with Gasteiger partial charge in [0.2, 0.25) is 0 Å². The molecule has 2 aliphatic rings. The highest BCUT2D eigenvalue weighted by atomic mass is 127. The molecule has 1 aromatic carbocycles. The van der Waals surface area contributed by atoms with Crippen molar-refractivity contribution in [2.24, 2.45) is 10.9 Å². The summed E-state index contributed by atoms with van der Waals surface area (Å²) in [7, 11) is 5.61. The van der Waals surface area contributed by atoms with Gasteiger partial charge < -0.3 is 24.4 Å². The first-order valence-electron chi connectivity index (χ1n) is 10.4. The molecule has 1 heterocycles. The van der Waals surface area contributed by atoms with Crippen molar-refractivity contribution in [2.75, 3.05) is 60.7 Å². The third kappa shape index (κ3) is 7.00. The molecule has 0 aromatic heterocycles. The van der Waals surface area contributed by atoms with Crippen molar-refractivity contribution in [3.63, 3.8) is 0 Å². The monoisotopic (exact) mass is 517 g/mol. The second-order valence-corrected chi connectivity index (χ2v) is 7.96. The highest BCUT2D eigenvalue weighted by Crippen LogP contribution is 2.35. The lowest BCUT2D eigenvalue weighted by Crippen LogP contribution is -2.49. The molecule has 0 spiro atoms. The number of nitrogens with one attached hydrogen (secondary N) is 1. The van der Waals surface area contributed by atoms with Gasteiger partial charge in [0.15, 0.2) is 5.96 Å². The van der Waals surface area contributed by atoms with Crippen LogP contribution in [0, 0.1) is 5.92 Å². The number of methoxy groups -OCH3 is 1. The molecule has 29 heavy (non-hydrogen) atoms. The van der Waals surface area contributed by atoms with Crippen LogP contribution in [0.1, 0.15) is 31.2 Å². The number of benzene rings is 1. The number of aliphatic imine (C=N–C) groups is 1. The zero-order valence-electron chi connectivity index (χ0n) is 18.0. The molecule has 6 nitrogen and oxygen atoms in total. The third-order valence-electron chi connectivity index (χ3n) is 5.93. The van der Waals surface area contributed by atoms with E-state index in [1.54, 1.807) is 7.11 Å². The van der Waals surface area contributed by atoms with E-state index in [1.165, 1.54) is 18.4 Å². The van der Waals surface area contributed by atoms with Crippen LogP contribution < -0.4 is 10.1 Å². The molecule has 1 aliphatic heterocycles. The third-order valence-corrected chi connectivity index (χ3v) is 5.93. The molecule has 0 unspecified atom stereocenters. The van der Waals surface area contributed by atoms with Gasteiger partial charge in [0.1, 0.15) is 5.75 Å². The zero-order valence-corrected chi connectivity index (χ0v) is 20.3. The number of ether oxygens (including phenoxy) is 3. The molecule has 1 aliphatic carbocycles. The molecule has 0 bridgehead atoms. The summed E-state index contributed by atoms with van der Waals surface area (Å²) in [6.07, 6.45) is 4.65. The minimum Gasteiger partial charge on any atom is -0.497 e. The van der Waals surface area contributed by atoms with Crippen molar-refractivity contribution in [2.45, 2.75) is 31.1 Å². The second kappa shape index (κ2) is 12.0. The number of halogens is 1. The van der Waals surface area contributed by atoms with Crippen LogP contribution in [0.25, 0.3) is 0 Å². The van der Waals surface area contributed by atoms with Crippen LogP contribution in [-0.4, -0.2) is 71.6 Å². The van der Waals surface area contributed by atoms with E-state index >= 15 is 0 Å². The Kier molecular flexibility index (Phi) is 9.98. The van der Waals surface area contributed by atoms with Gasteiger partial charge in [-0.05, 0) is 49.3 Å². The summed E-state index contributed by atoms with van der Waals surface area (Å²) < 4.78 is 16.8. The first-order valence-corrected chi connectivity index (χ1v) is 10.4. The average Bonchev–Trinajstić information content (AvgIpc) is 3.57. The van der Waals surface area contributed by atoms with Gasteiger partial charge >= 0.3 is 0 Å². The van der Waals surface area contributed by atoms with Crippen LogP contribution in [-0.2, 0) is 14.9 Å². The number of likely N-dealkylation sites (N-methyl/N-ethyl adjacent to an activating group) is 1. The number of guanidine groups is 1. The minimum absolute atomic E-state index is 0. The Hall–Kier alpha value is -1.06. The van der Waals surface area contributed by atoms with Gasteiger partial charge in [0.25, 0.3) is 0 Å². The molecule has 1 saturated heterocycles. The van der Waals surface area contributed by atoms with E-state index in [2.05, 4.69) is 34.4 Å². The van der Waals surface area contributed by atoms with E-state index < -0.39 is 0 Å². The molecular weight excluding hydrogens is 481 g/mol. The Labute approximate surface area is 192 Å². The van der Waals surface area contributed by atoms with Gasteiger partial charge in [0.05, 0.1) is 13.7 Å². The fourth-order valence-electron chi connectivity index (χ4n) is 3.75. The topological polar surface area (TPSA) is 55.3 Å². The normalized spacial score (nSPS) is 18.7. The lowest BCUT2D eigenvalue weighted by Gasteiger charge is -2.39. The predicted molar refractivity (Wildman–Crippen MR) is 128 cm³/mol. The fraction of sp³-hybridized carbons (Fsp3) is 0.682. The van der Waals surface area contributed by atoms with Crippen molar-refractivity contribution < 1.29 is 14.2 Å². The summed E-state index contributed by atoms with van der Waals surface area (Å²) in [6.45, 7) is 4.90. The van der Waals surface area contributed by atoms with Crippen molar-refractivity contribution in [3.8, 4) is 5.75 Å². The summed E-state index contributed by atoms with van der Waals surface area (Å²) in [4.78, 5) is 6.62. The molecule has 0 radical (unpaired) electrons. The van der Waals surface area contributed by atoms with Crippen LogP contribution >= 0.6 is 24.0 Å². The van der Waals surface area contributed by atoms with E-state index in [4.69, 9.17) is 14.2 Å². The number of hydrogen-bond acceptors (Lipinski definition) is 4. The van der Waals surface area contributed by atoms with Gasteiger partial charge in [0, 0.05) is 52.4 Å². The van der Waals surface area contributed by atoms with Crippen molar-refractivity contribution in [1.82, 2.24) is 10.2 Å². The largest absolute Gasteiger partial charge is 0.497 e. The Morgan fingerprint density at radius 2 is 1.93 bits per heavy atom. The average molecular weight is 517 g/mol. The SMILES string of the molecule is CN=C(NCC1(c2ccc(OC)cc2)CCOCC1)N(C)CCOCC1CC1.I. The lowest BCUT2D eigenvalue weighted by molar-refractivity contribution is 0.0511. The van der Waals surface area contributed by atoms with E-state index in [0.717, 1.165) is 70.0 Å². The predicted octanol–water partition coefficient (Wildman–Crippen LogP) is 3.30. The molecule has 3 rings (SSSR count). The molecule has 1 aromatic rings. The summed E-state index contributed by atoms with van der Waals surface area (Å²) in [5, 5.41) is 3.60.